The lowest BCUT2D eigenvalue weighted by atomic mass is 10.1. The van der Waals surface area contributed by atoms with Crippen molar-refractivity contribution in [1.82, 2.24) is 20.2 Å². The fraction of sp³-hybridized carbons (Fsp3) is 0.421. The van der Waals surface area contributed by atoms with Crippen LogP contribution in [0.15, 0.2) is 30.6 Å². The van der Waals surface area contributed by atoms with Crippen LogP contribution in [0.2, 0.25) is 0 Å². The SMILES string of the molecule is CC(C)Oc1cc(N2CCOC[C@H]2C)nc2c(-c3ccn[nH]3)nccc12. The molecule has 7 nitrogen and oxygen atoms in total. The predicted octanol–water partition coefficient (Wildman–Crippen LogP) is 3.03. The average Bonchev–Trinajstić information content (AvgIpc) is 3.15. The highest BCUT2D eigenvalue weighted by atomic mass is 16.5. The zero-order valence-corrected chi connectivity index (χ0v) is 15.3. The van der Waals surface area contributed by atoms with Gasteiger partial charge in [0.15, 0.2) is 0 Å². The molecule has 0 bridgehead atoms. The molecule has 1 atom stereocenters. The van der Waals surface area contributed by atoms with Crippen LogP contribution < -0.4 is 9.64 Å². The highest BCUT2D eigenvalue weighted by Crippen LogP contribution is 2.34. The van der Waals surface area contributed by atoms with Crippen molar-refractivity contribution in [1.29, 1.82) is 0 Å². The highest BCUT2D eigenvalue weighted by Gasteiger charge is 2.23. The Kier molecular flexibility index (Phi) is 4.46. The first-order valence-corrected chi connectivity index (χ1v) is 8.94. The van der Waals surface area contributed by atoms with Crippen molar-refractivity contribution < 1.29 is 9.47 Å². The molecule has 7 heteroatoms. The lowest BCUT2D eigenvalue weighted by Gasteiger charge is -2.34. The van der Waals surface area contributed by atoms with E-state index in [9.17, 15) is 0 Å². The van der Waals surface area contributed by atoms with Gasteiger partial charge in [0.25, 0.3) is 0 Å². The third-order valence-electron chi connectivity index (χ3n) is 4.46. The van der Waals surface area contributed by atoms with Gasteiger partial charge in [0.05, 0.1) is 31.1 Å². The van der Waals surface area contributed by atoms with Crippen LogP contribution in [0, 0.1) is 0 Å². The average molecular weight is 353 g/mol. The standard InChI is InChI=1S/C19H23N5O2/c1-12(2)26-16-10-17(24-8-9-25-11-13(24)3)22-18-14(16)4-6-20-19(18)15-5-7-21-23-15/h4-7,10,12-13H,8-9,11H2,1-3H3,(H,21,23)/t13-/m1/s1. The quantitative estimate of drug-likeness (QED) is 0.777. The van der Waals surface area contributed by atoms with Gasteiger partial charge >= 0.3 is 0 Å². The number of H-pyrrole nitrogens is 1. The molecule has 3 aromatic rings. The van der Waals surface area contributed by atoms with Gasteiger partial charge in [-0.2, -0.15) is 5.10 Å². The van der Waals surface area contributed by atoms with E-state index in [0.717, 1.165) is 40.4 Å². The Labute approximate surface area is 152 Å². The Balaban J connectivity index is 1.91. The summed E-state index contributed by atoms with van der Waals surface area (Å²) in [5, 5.41) is 7.98. The Morgan fingerprint density at radius 3 is 2.92 bits per heavy atom. The van der Waals surface area contributed by atoms with Crippen LogP contribution in [0.1, 0.15) is 20.8 Å². The monoisotopic (exact) mass is 353 g/mol. The minimum absolute atomic E-state index is 0.0688. The van der Waals surface area contributed by atoms with Crippen LogP contribution in [0.4, 0.5) is 5.82 Å². The van der Waals surface area contributed by atoms with E-state index in [1.165, 1.54) is 0 Å². The van der Waals surface area contributed by atoms with Gasteiger partial charge < -0.3 is 14.4 Å². The summed E-state index contributed by atoms with van der Waals surface area (Å²) in [7, 11) is 0. The lowest BCUT2D eigenvalue weighted by Crippen LogP contribution is -2.44. The van der Waals surface area contributed by atoms with Gasteiger partial charge in [0, 0.05) is 30.4 Å². The van der Waals surface area contributed by atoms with Crippen LogP contribution in [0.3, 0.4) is 0 Å². The van der Waals surface area contributed by atoms with Crippen molar-refractivity contribution in [3.05, 3.63) is 30.6 Å². The topological polar surface area (TPSA) is 76.2 Å². The summed E-state index contributed by atoms with van der Waals surface area (Å²) in [6.45, 7) is 8.40. The van der Waals surface area contributed by atoms with E-state index in [0.29, 0.717) is 13.2 Å². The molecule has 0 spiro atoms. The first-order chi connectivity index (χ1) is 12.6. The first-order valence-electron chi connectivity index (χ1n) is 8.94. The summed E-state index contributed by atoms with van der Waals surface area (Å²) in [4.78, 5) is 11.8. The van der Waals surface area contributed by atoms with E-state index in [4.69, 9.17) is 14.5 Å². The van der Waals surface area contributed by atoms with Crippen molar-refractivity contribution in [2.45, 2.75) is 32.9 Å². The molecule has 0 radical (unpaired) electrons. The highest BCUT2D eigenvalue weighted by molar-refractivity contribution is 5.95. The van der Waals surface area contributed by atoms with E-state index < -0.39 is 0 Å². The molecule has 136 valence electrons. The smallest absolute Gasteiger partial charge is 0.133 e. The van der Waals surface area contributed by atoms with Crippen LogP contribution in [0.5, 0.6) is 5.75 Å². The number of fused-ring (bicyclic) bond motifs is 1. The molecular formula is C19H23N5O2. The Hall–Kier alpha value is -2.67. The molecule has 0 saturated carbocycles. The normalized spacial score (nSPS) is 17.8. The summed E-state index contributed by atoms with van der Waals surface area (Å²) >= 11 is 0. The third kappa shape index (κ3) is 3.10. The number of hydrogen-bond donors (Lipinski definition) is 1. The molecule has 4 rings (SSSR count). The first kappa shape index (κ1) is 16.8. The van der Waals surface area contributed by atoms with Gasteiger partial charge in [-0.3, -0.25) is 10.1 Å². The summed E-state index contributed by atoms with van der Waals surface area (Å²) in [5.74, 6) is 1.71. The second kappa shape index (κ2) is 6.92. The van der Waals surface area contributed by atoms with Crippen molar-refractivity contribution in [2.24, 2.45) is 0 Å². The lowest BCUT2D eigenvalue weighted by molar-refractivity contribution is 0.0985. The molecular weight excluding hydrogens is 330 g/mol. The Morgan fingerprint density at radius 1 is 1.31 bits per heavy atom. The number of pyridine rings is 2. The maximum atomic E-state index is 6.12. The van der Waals surface area contributed by atoms with Gasteiger partial charge in [-0.1, -0.05) is 0 Å². The molecule has 1 saturated heterocycles. The Morgan fingerprint density at radius 2 is 2.19 bits per heavy atom. The van der Waals surface area contributed by atoms with Crippen LogP contribution >= 0.6 is 0 Å². The minimum atomic E-state index is 0.0688. The molecule has 26 heavy (non-hydrogen) atoms. The molecule has 0 aliphatic carbocycles. The van der Waals surface area contributed by atoms with E-state index in [1.807, 2.05) is 32.0 Å². The molecule has 3 aromatic heterocycles. The van der Waals surface area contributed by atoms with Crippen molar-refractivity contribution in [2.75, 3.05) is 24.7 Å². The molecule has 0 unspecified atom stereocenters. The number of rotatable bonds is 4. The molecule has 1 N–H and O–H groups in total. The van der Waals surface area contributed by atoms with E-state index in [-0.39, 0.29) is 12.1 Å². The summed E-state index contributed by atoms with van der Waals surface area (Å²) < 4.78 is 11.7. The number of aromatic amines is 1. The number of nitrogens with one attached hydrogen (secondary N) is 1. The van der Waals surface area contributed by atoms with Crippen molar-refractivity contribution in [3.8, 4) is 17.1 Å². The number of aromatic nitrogens is 4. The number of anilines is 1. The fourth-order valence-corrected chi connectivity index (χ4v) is 3.26. The van der Waals surface area contributed by atoms with Crippen LogP contribution in [0.25, 0.3) is 22.3 Å². The van der Waals surface area contributed by atoms with Gasteiger partial charge in [0.1, 0.15) is 22.8 Å². The molecule has 1 aliphatic heterocycles. The van der Waals surface area contributed by atoms with E-state index in [1.54, 1.807) is 12.4 Å². The summed E-state index contributed by atoms with van der Waals surface area (Å²) in [6, 6.07) is 6.14. The third-order valence-corrected chi connectivity index (χ3v) is 4.46. The van der Waals surface area contributed by atoms with Gasteiger partial charge in [-0.25, -0.2) is 4.98 Å². The van der Waals surface area contributed by atoms with Crippen LogP contribution in [-0.4, -0.2) is 52.1 Å². The van der Waals surface area contributed by atoms with Crippen LogP contribution in [-0.2, 0) is 4.74 Å². The number of ether oxygens (including phenoxy) is 2. The molecule has 4 heterocycles. The largest absolute Gasteiger partial charge is 0.490 e. The van der Waals surface area contributed by atoms with Crippen molar-refractivity contribution >= 4 is 16.7 Å². The second-order valence-corrected chi connectivity index (χ2v) is 6.79. The minimum Gasteiger partial charge on any atom is -0.490 e. The molecule has 0 amide bonds. The fourth-order valence-electron chi connectivity index (χ4n) is 3.26. The van der Waals surface area contributed by atoms with Gasteiger partial charge in [-0.05, 0) is 32.9 Å². The van der Waals surface area contributed by atoms with Gasteiger partial charge in [-0.15, -0.1) is 0 Å². The molecule has 1 fully saturated rings. The second-order valence-electron chi connectivity index (χ2n) is 6.79. The van der Waals surface area contributed by atoms with E-state index >= 15 is 0 Å². The van der Waals surface area contributed by atoms with Crippen molar-refractivity contribution in [3.63, 3.8) is 0 Å². The number of hydrogen-bond acceptors (Lipinski definition) is 6. The van der Waals surface area contributed by atoms with Gasteiger partial charge in [0.2, 0.25) is 0 Å². The number of nitrogens with zero attached hydrogens (tertiary/aromatic N) is 4. The summed E-state index contributed by atoms with van der Waals surface area (Å²) in [6.07, 6.45) is 3.57. The zero-order valence-electron chi connectivity index (χ0n) is 15.3. The summed E-state index contributed by atoms with van der Waals surface area (Å²) in [5.41, 5.74) is 2.42. The maximum absolute atomic E-state index is 6.12. The molecule has 1 aliphatic rings. The van der Waals surface area contributed by atoms with E-state index in [2.05, 4.69) is 27.0 Å². The molecule has 0 aromatic carbocycles. The Bertz CT molecular complexity index is 894. The zero-order chi connectivity index (χ0) is 18.1. The maximum Gasteiger partial charge on any atom is 0.133 e. The number of morpholine rings is 1. The predicted molar refractivity (Wildman–Crippen MR) is 101 cm³/mol.